The molecule has 1 aromatic rings. The zero-order valence-electron chi connectivity index (χ0n) is 11.8. The van der Waals surface area contributed by atoms with Crippen LogP contribution in [0.4, 0.5) is 4.39 Å². The first-order valence-corrected chi connectivity index (χ1v) is 7.15. The molecular weight excluding hydrogens is 259 g/mol. The Bertz CT molecular complexity index is 430. The van der Waals surface area contributed by atoms with Gasteiger partial charge in [0.15, 0.2) is 0 Å². The van der Waals surface area contributed by atoms with E-state index in [-0.39, 0.29) is 17.9 Å². The van der Waals surface area contributed by atoms with Crippen LogP contribution in [0.5, 0.6) is 0 Å². The maximum Gasteiger partial charge on any atom is 0.308 e. The molecule has 1 fully saturated rings. The molecule has 1 aromatic carbocycles. The van der Waals surface area contributed by atoms with Crippen LogP contribution in [0.2, 0.25) is 0 Å². The van der Waals surface area contributed by atoms with Gasteiger partial charge in [-0.15, -0.1) is 0 Å². The van der Waals surface area contributed by atoms with Crippen LogP contribution in [0.25, 0.3) is 0 Å². The van der Waals surface area contributed by atoms with Crippen molar-refractivity contribution in [2.75, 3.05) is 13.2 Å². The van der Waals surface area contributed by atoms with Gasteiger partial charge in [0.2, 0.25) is 0 Å². The highest BCUT2D eigenvalue weighted by Gasteiger charge is 2.18. The van der Waals surface area contributed by atoms with Crippen LogP contribution < -0.4 is 0 Å². The van der Waals surface area contributed by atoms with E-state index in [0.717, 1.165) is 24.8 Å². The minimum absolute atomic E-state index is 0.0777. The summed E-state index contributed by atoms with van der Waals surface area (Å²) in [6, 6.07) is 6.59. The molecule has 2 rings (SSSR count). The Balaban J connectivity index is 1.96. The van der Waals surface area contributed by atoms with Crippen molar-refractivity contribution in [1.29, 1.82) is 0 Å². The van der Waals surface area contributed by atoms with E-state index < -0.39 is 0 Å². The Labute approximate surface area is 119 Å². The fourth-order valence-corrected chi connectivity index (χ4v) is 2.57. The minimum atomic E-state index is -0.217. The molecule has 0 radical (unpaired) electrons. The topological polar surface area (TPSA) is 35.5 Å². The molecule has 1 aliphatic heterocycles. The summed E-state index contributed by atoms with van der Waals surface area (Å²) in [4.78, 5) is 11.5. The second kappa shape index (κ2) is 7.39. The van der Waals surface area contributed by atoms with Gasteiger partial charge in [0.1, 0.15) is 5.82 Å². The third-order valence-electron chi connectivity index (χ3n) is 3.56. The normalized spacial score (nSPS) is 25.0. The number of hydrogen-bond donors (Lipinski definition) is 0. The fourth-order valence-electron chi connectivity index (χ4n) is 2.57. The van der Waals surface area contributed by atoms with Crippen molar-refractivity contribution in [1.82, 2.24) is 0 Å². The van der Waals surface area contributed by atoms with E-state index in [4.69, 9.17) is 9.47 Å². The number of cyclic esters (lactones) is 1. The van der Waals surface area contributed by atoms with Gasteiger partial charge in [-0.3, -0.25) is 4.79 Å². The molecule has 110 valence electrons. The van der Waals surface area contributed by atoms with Crippen molar-refractivity contribution in [3.05, 3.63) is 35.6 Å². The Hall–Kier alpha value is -1.42. The van der Waals surface area contributed by atoms with E-state index in [0.29, 0.717) is 25.6 Å². The van der Waals surface area contributed by atoms with Crippen molar-refractivity contribution in [2.45, 2.75) is 38.7 Å². The van der Waals surface area contributed by atoms with Gasteiger partial charge >= 0.3 is 5.97 Å². The van der Waals surface area contributed by atoms with E-state index >= 15 is 0 Å². The SMILES string of the molecule is CC1CC(Cc2ccc(F)cc2)CCOCCC(=O)O1. The summed E-state index contributed by atoms with van der Waals surface area (Å²) in [7, 11) is 0. The molecule has 4 heteroatoms. The van der Waals surface area contributed by atoms with Crippen LogP contribution >= 0.6 is 0 Å². The van der Waals surface area contributed by atoms with Gasteiger partial charge in [-0.05, 0) is 49.8 Å². The van der Waals surface area contributed by atoms with Crippen LogP contribution in [-0.4, -0.2) is 25.3 Å². The zero-order valence-corrected chi connectivity index (χ0v) is 11.8. The first kappa shape index (κ1) is 15.0. The van der Waals surface area contributed by atoms with Crippen LogP contribution in [0, 0.1) is 11.7 Å². The molecule has 0 aromatic heterocycles. The summed E-state index contributed by atoms with van der Waals surface area (Å²) < 4.78 is 23.7. The summed E-state index contributed by atoms with van der Waals surface area (Å²) >= 11 is 0. The number of hydrogen-bond acceptors (Lipinski definition) is 3. The van der Waals surface area contributed by atoms with Crippen LogP contribution in [0.1, 0.15) is 31.7 Å². The van der Waals surface area contributed by atoms with Gasteiger partial charge in [0.05, 0.1) is 19.1 Å². The van der Waals surface area contributed by atoms with E-state index in [2.05, 4.69) is 0 Å². The molecule has 0 spiro atoms. The summed E-state index contributed by atoms with van der Waals surface area (Å²) in [6.07, 6.45) is 2.84. The summed E-state index contributed by atoms with van der Waals surface area (Å²) in [5, 5.41) is 0. The van der Waals surface area contributed by atoms with Gasteiger partial charge in [0, 0.05) is 6.61 Å². The van der Waals surface area contributed by atoms with Gasteiger partial charge in [-0.1, -0.05) is 12.1 Å². The molecule has 20 heavy (non-hydrogen) atoms. The number of benzene rings is 1. The van der Waals surface area contributed by atoms with Gasteiger partial charge < -0.3 is 9.47 Å². The Morgan fingerprint density at radius 2 is 2.00 bits per heavy atom. The van der Waals surface area contributed by atoms with Crippen molar-refractivity contribution in [3.63, 3.8) is 0 Å². The monoisotopic (exact) mass is 280 g/mol. The number of ether oxygens (including phenoxy) is 2. The smallest absolute Gasteiger partial charge is 0.308 e. The molecule has 0 saturated carbocycles. The van der Waals surface area contributed by atoms with Crippen LogP contribution in [0.15, 0.2) is 24.3 Å². The van der Waals surface area contributed by atoms with Gasteiger partial charge in [-0.2, -0.15) is 0 Å². The lowest BCUT2D eigenvalue weighted by molar-refractivity contribution is -0.151. The molecule has 1 aliphatic rings. The Morgan fingerprint density at radius 3 is 2.75 bits per heavy atom. The lowest BCUT2D eigenvalue weighted by Gasteiger charge is -2.23. The second-order valence-corrected chi connectivity index (χ2v) is 5.38. The van der Waals surface area contributed by atoms with Crippen molar-refractivity contribution < 1.29 is 18.7 Å². The van der Waals surface area contributed by atoms with Gasteiger partial charge in [-0.25, -0.2) is 4.39 Å². The fraction of sp³-hybridized carbons (Fsp3) is 0.562. The van der Waals surface area contributed by atoms with E-state index in [1.807, 2.05) is 19.1 Å². The standard InChI is InChI=1S/C16H21FO3/c1-12-10-14(6-8-19-9-7-16(18)20-12)11-13-2-4-15(17)5-3-13/h2-5,12,14H,6-11H2,1H3. The second-order valence-electron chi connectivity index (χ2n) is 5.38. The highest BCUT2D eigenvalue weighted by atomic mass is 19.1. The molecule has 0 bridgehead atoms. The molecule has 2 atom stereocenters. The van der Waals surface area contributed by atoms with Crippen molar-refractivity contribution in [2.24, 2.45) is 5.92 Å². The highest BCUT2D eigenvalue weighted by molar-refractivity contribution is 5.69. The quantitative estimate of drug-likeness (QED) is 0.781. The van der Waals surface area contributed by atoms with E-state index in [9.17, 15) is 9.18 Å². The first-order chi connectivity index (χ1) is 9.63. The highest BCUT2D eigenvalue weighted by Crippen LogP contribution is 2.21. The van der Waals surface area contributed by atoms with Crippen LogP contribution in [0.3, 0.4) is 0 Å². The molecule has 0 N–H and O–H groups in total. The molecule has 2 unspecified atom stereocenters. The largest absolute Gasteiger partial charge is 0.463 e. The third-order valence-corrected chi connectivity index (χ3v) is 3.56. The average Bonchev–Trinajstić information content (AvgIpc) is 2.40. The van der Waals surface area contributed by atoms with Crippen LogP contribution in [-0.2, 0) is 20.7 Å². The summed E-state index contributed by atoms with van der Waals surface area (Å²) in [5.41, 5.74) is 1.10. The third kappa shape index (κ3) is 4.93. The molecule has 0 amide bonds. The summed E-state index contributed by atoms with van der Waals surface area (Å²) in [6.45, 7) is 3.01. The number of carbonyl (C=O) groups is 1. The van der Waals surface area contributed by atoms with Crippen molar-refractivity contribution in [3.8, 4) is 0 Å². The molecule has 1 heterocycles. The van der Waals surface area contributed by atoms with E-state index in [1.54, 1.807) is 0 Å². The number of carbonyl (C=O) groups excluding carboxylic acids is 1. The Morgan fingerprint density at radius 1 is 1.25 bits per heavy atom. The lowest BCUT2D eigenvalue weighted by Crippen LogP contribution is -2.23. The predicted octanol–water partition coefficient (Wildman–Crippen LogP) is 3.12. The maximum absolute atomic E-state index is 12.9. The molecule has 3 nitrogen and oxygen atoms in total. The van der Waals surface area contributed by atoms with Gasteiger partial charge in [0.25, 0.3) is 0 Å². The van der Waals surface area contributed by atoms with Crippen molar-refractivity contribution >= 4 is 5.97 Å². The average molecular weight is 280 g/mol. The maximum atomic E-state index is 12.9. The Kier molecular flexibility index (Phi) is 5.53. The number of halogens is 1. The molecular formula is C16H21FO3. The summed E-state index contributed by atoms with van der Waals surface area (Å²) in [5.74, 6) is -0.0355. The van der Waals surface area contributed by atoms with E-state index in [1.165, 1.54) is 12.1 Å². The minimum Gasteiger partial charge on any atom is -0.463 e. The number of rotatable bonds is 2. The first-order valence-electron chi connectivity index (χ1n) is 7.15. The molecule has 0 aliphatic carbocycles. The predicted molar refractivity (Wildman–Crippen MR) is 73.8 cm³/mol. The zero-order chi connectivity index (χ0) is 14.4. The number of esters is 1. The lowest BCUT2D eigenvalue weighted by atomic mass is 9.91. The molecule has 1 saturated heterocycles.